The lowest BCUT2D eigenvalue weighted by molar-refractivity contribution is -0.123. The summed E-state index contributed by atoms with van der Waals surface area (Å²) in [6.45, 7) is 1.93. The van der Waals surface area contributed by atoms with Gasteiger partial charge < -0.3 is 5.32 Å². The average molecular weight is 372 g/mol. The fourth-order valence-electron chi connectivity index (χ4n) is 4.83. The van der Waals surface area contributed by atoms with Gasteiger partial charge in [-0.2, -0.15) is 0 Å². The van der Waals surface area contributed by atoms with E-state index in [4.69, 9.17) is 0 Å². The van der Waals surface area contributed by atoms with Crippen LogP contribution in [0.3, 0.4) is 0 Å². The number of nitrogens with zero attached hydrogens (tertiary/aromatic N) is 1. The molecule has 2 fully saturated rings. The number of imide groups is 1. The van der Waals surface area contributed by atoms with Crippen LogP contribution < -0.4 is 10.2 Å². The second-order valence-electron chi connectivity index (χ2n) is 7.83. The summed E-state index contributed by atoms with van der Waals surface area (Å²) in [6, 6.07) is 14.2. The molecule has 28 heavy (non-hydrogen) atoms. The Kier molecular flexibility index (Phi) is 3.72. The fraction of sp³-hybridized carbons (Fsp3) is 0.261. The first kappa shape index (κ1) is 16.9. The Morgan fingerprint density at radius 3 is 2.14 bits per heavy atom. The lowest BCUT2D eigenvalue weighted by atomic mass is 9.85. The van der Waals surface area contributed by atoms with Gasteiger partial charge in [0, 0.05) is 11.3 Å². The van der Waals surface area contributed by atoms with Gasteiger partial charge in [0.25, 0.3) is 5.91 Å². The van der Waals surface area contributed by atoms with Crippen molar-refractivity contribution < 1.29 is 14.4 Å². The minimum atomic E-state index is -0.223. The number of nitrogens with one attached hydrogen (secondary N) is 1. The number of para-hydroxylation sites is 1. The SMILES string of the molecule is Cc1ccccc1NC(=O)c1ccc(N2C(=O)[C@@H]3[C@H](C2=O)[C@H]2C=C[C@H]3C2)cc1. The number of anilines is 2. The van der Waals surface area contributed by atoms with Crippen molar-refractivity contribution in [1.82, 2.24) is 0 Å². The van der Waals surface area contributed by atoms with Crippen molar-refractivity contribution in [2.45, 2.75) is 13.3 Å². The van der Waals surface area contributed by atoms with Gasteiger partial charge in [-0.3, -0.25) is 19.3 Å². The van der Waals surface area contributed by atoms with Crippen LogP contribution in [0.15, 0.2) is 60.7 Å². The number of hydrogen-bond donors (Lipinski definition) is 1. The molecule has 5 rings (SSSR count). The molecule has 3 amide bonds. The first-order chi connectivity index (χ1) is 13.5. The van der Waals surface area contributed by atoms with Crippen LogP contribution in [0.4, 0.5) is 11.4 Å². The lowest BCUT2D eigenvalue weighted by Crippen LogP contribution is -2.32. The van der Waals surface area contributed by atoms with E-state index in [0.717, 1.165) is 17.7 Å². The van der Waals surface area contributed by atoms with Gasteiger partial charge in [0.1, 0.15) is 0 Å². The van der Waals surface area contributed by atoms with Gasteiger partial charge in [0.2, 0.25) is 11.8 Å². The van der Waals surface area contributed by atoms with Crippen molar-refractivity contribution in [1.29, 1.82) is 0 Å². The van der Waals surface area contributed by atoms with Crippen molar-refractivity contribution in [2.75, 3.05) is 10.2 Å². The highest BCUT2D eigenvalue weighted by Gasteiger charge is 2.59. The molecule has 2 aromatic rings. The third kappa shape index (κ3) is 2.43. The summed E-state index contributed by atoms with van der Waals surface area (Å²) >= 11 is 0. The first-order valence-electron chi connectivity index (χ1n) is 9.58. The van der Waals surface area contributed by atoms with E-state index in [9.17, 15) is 14.4 Å². The minimum absolute atomic E-state index is 0.107. The smallest absolute Gasteiger partial charge is 0.255 e. The summed E-state index contributed by atoms with van der Waals surface area (Å²) in [5.74, 6) is -0.490. The summed E-state index contributed by atoms with van der Waals surface area (Å²) in [5, 5.41) is 2.89. The lowest BCUT2D eigenvalue weighted by Gasteiger charge is -2.17. The third-order valence-corrected chi connectivity index (χ3v) is 6.25. The van der Waals surface area contributed by atoms with Gasteiger partial charge in [-0.15, -0.1) is 0 Å². The van der Waals surface area contributed by atoms with E-state index in [1.54, 1.807) is 24.3 Å². The highest BCUT2D eigenvalue weighted by Crippen LogP contribution is 2.53. The van der Waals surface area contributed by atoms with E-state index < -0.39 is 0 Å². The van der Waals surface area contributed by atoms with E-state index in [1.807, 2.05) is 31.2 Å². The molecule has 1 N–H and O–H groups in total. The zero-order valence-corrected chi connectivity index (χ0v) is 15.5. The number of carbonyl (C=O) groups is 3. The van der Waals surface area contributed by atoms with Gasteiger partial charge in [-0.1, -0.05) is 30.4 Å². The molecule has 2 aromatic carbocycles. The first-order valence-corrected chi connectivity index (χ1v) is 9.58. The third-order valence-electron chi connectivity index (χ3n) is 6.25. The number of benzene rings is 2. The van der Waals surface area contributed by atoms with Crippen molar-refractivity contribution in [2.24, 2.45) is 23.7 Å². The summed E-state index contributed by atoms with van der Waals surface area (Å²) in [4.78, 5) is 39.6. The van der Waals surface area contributed by atoms with Crippen LogP contribution in [0, 0.1) is 30.6 Å². The standard InChI is InChI=1S/C23H20N2O3/c1-13-4-2-3-5-18(13)24-21(26)14-8-10-17(11-9-14)25-22(27)19-15-6-7-16(12-15)20(19)23(25)28/h2-11,15-16,19-20H,12H2,1H3,(H,24,26)/t15-,16-,19-,20+/m0/s1. The molecule has 1 aliphatic heterocycles. The summed E-state index contributed by atoms with van der Waals surface area (Å²) in [7, 11) is 0. The number of rotatable bonds is 3. The summed E-state index contributed by atoms with van der Waals surface area (Å²) in [5.41, 5.74) is 2.76. The predicted molar refractivity (Wildman–Crippen MR) is 106 cm³/mol. The van der Waals surface area contributed by atoms with Gasteiger partial charge in [0.15, 0.2) is 0 Å². The average Bonchev–Trinajstić information content (AvgIpc) is 3.38. The van der Waals surface area contributed by atoms with Crippen LogP contribution >= 0.6 is 0 Å². The van der Waals surface area contributed by atoms with E-state index in [1.165, 1.54) is 4.90 Å². The summed E-state index contributed by atoms with van der Waals surface area (Å²) < 4.78 is 0. The predicted octanol–water partition coefficient (Wildman–Crippen LogP) is 3.56. The maximum absolute atomic E-state index is 12.9. The van der Waals surface area contributed by atoms with Crippen molar-refractivity contribution >= 4 is 29.1 Å². The van der Waals surface area contributed by atoms with Gasteiger partial charge in [0.05, 0.1) is 17.5 Å². The maximum atomic E-state index is 12.9. The minimum Gasteiger partial charge on any atom is -0.322 e. The van der Waals surface area contributed by atoms with Gasteiger partial charge in [-0.25, -0.2) is 0 Å². The fourth-order valence-corrected chi connectivity index (χ4v) is 4.83. The largest absolute Gasteiger partial charge is 0.322 e. The highest BCUT2D eigenvalue weighted by molar-refractivity contribution is 6.23. The maximum Gasteiger partial charge on any atom is 0.255 e. The van der Waals surface area contributed by atoms with E-state index in [-0.39, 0.29) is 41.4 Å². The number of aryl methyl sites for hydroxylation is 1. The zero-order chi connectivity index (χ0) is 19.4. The topological polar surface area (TPSA) is 66.5 Å². The number of hydrogen-bond acceptors (Lipinski definition) is 3. The van der Waals surface area contributed by atoms with Crippen molar-refractivity contribution in [3.05, 3.63) is 71.8 Å². The second kappa shape index (κ2) is 6.16. The Hall–Kier alpha value is -3.21. The molecule has 5 nitrogen and oxygen atoms in total. The molecule has 5 heteroatoms. The molecule has 1 saturated heterocycles. The van der Waals surface area contributed by atoms with Crippen LogP contribution in [0.25, 0.3) is 0 Å². The number of carbonyl (C=O) groups excluding carboxylic acids is 3. The molecular formula is C23H20N2O3. The van der Waals surface area contributed by atoms with Crippen LogP contribution in [-0.2, 0) is 9.59 Å². The zero-order valence-electron chi connectivity index (χ0n) is 15.5. The molecule has 1 heterocycles. The highest BCUT2D eigenvalue weighted by atomic mass is 16.2. The molecule has 2 bridgehead atoms. The number of allylic oxidation sites excluding steroid dienone is 2. The molecule has 1 saturated carbocycles. The van der Waals surface area contributed by atoms with Crippen LogP contribution in [0.5, 0.6) is 0 Å². The Morgan fingerprint density at radius 1 is 0.929 bits per heavy atom. The Bertz CT molecular complexity index is 994. The molecule has 4 atom stereocenters. The van der Waals surface area contributed by atoms with Crippen LogP contribution in [-0.4, -0.2) is 17.7 Å². The van der Waals surface area contributed by atoms with Crippen molar-refractivity contribution in [3.8, 4) is 0 Å². The van der Waals surface area contributed by atoms with E-state index >= 15 is 0 Å². The van der Waals surface area contributed by atoms with E-state index in [2.05, 4.69) is 17.5 Å². The summed E-state index contributed by atoms with van der Waals surface area (Å²) in [6.07, 6.45) is 5.08. The second-order valence-corrected chi connectivity index (χ2v) is 7.83. The molecule has 2 aliphatic carbocycles. The van der Waals surface area contributed by atoms with Crippen molar-refractivity contribution in [3.63, 3.8) is 0 Å². The van der Waals surface area contributed by atoms with Crippen LogP contribution in [0.2, 0.25) is 0 Å². The molecule has 0 radical (unpaired) electrons. The Balaban J connectivity index is 1.36. The quantitative estimate of drug-likeness (QED) is 0.662. The van der Waals surface area contributed by atoms with E-state index in [0.29, 0.717) is 11.3 Å². The molecular weight excluding hydrogens is 352 g/mol. The normalized spacial score (nSPS) is 27.4. The Morgan fingerprint density at radius 2 is 1.54 bits per heavy atom. The number of fused-ring (bicyclic) bond motifs is 5. The number of amides is 3. The molecule has 3 aliphatic rings. The van der Waals surface area contributed by atoms with Crippen LogP contribution in [0.1, 0.15) is 22.3 Å². The molecule has 0 aromatic heterocycles. The van der Waals surface area contributed by atoms with Gasteiger partial charge in [-0.05, 0) is 61.1 Å². The van der Waals surface area contributed by atoms with Gasteiger partial charge >= 0.3 is 0 Å². The molecule has 0 unspecified atom stereocenters. The Labute approximate surface area is 163 Å². The molecule has 0 spiro atoms. The molecule has 140 valence electrons. The monoisotopic (exact) mass is 372 g/mol.